The van der Waals surface area contributed by atoms with Crippen molar-refractivity contribution in [3.8, 4) is 11.5 Å². The van der Waals surface area contributed by atoms with Gasteiger partial charge in [0.05, 0.1) is 4.90 Å². The molecular weight excluding hydrogens is 542 g/mol. The number of nitrogens with zero attached hydrogens (tertiary/aromatic N) is 2. The molecule has 3 aromatic rings. The van der Waals surface area contributed by atoms with Crippen molar-refractivity contribution < 1.29 is 27.5 Å². The van der Waals surface area contributed by atoms with Crippen LogP contribution in [0.3, 0.4) is 0 Å². The molecule has 9 nitrogen and oxygen atoms in total. The lowest BCUT2D eigenvalue weighted by molar-refractivity contribution is -0.140. The monoisotopic (exact) mass is 577 g/mol. The maximum Gasteiger partial charge on any atom is 0.243 e. The van der Waals surface area contributed by atoms with E-state index in [1.807, 2.05) is 48.5 Å². The summed E-state index contributed by atoms with van der Waals surface area (Å²) in [6, 6.07) is 21.1. The molecule has 2 aliphatic rings. The smallest absolute Gasteiger partial charge is 0.243 e. The molecule has 216 valence electrons. The first-order valence-corrected chi connectivity index (χ1v) is 15.3. The Morgan fingerprint density at radius 2 is 1.59 bits per heavy atom. The first-order valence-electron chi connectivity index (χ1n) is 13.9. The Bertz CT molecular complexity index is 1470. The molecule has 0 bridgehead atoms. The second-order valence-corrected chi connectivity index (χ2v) is 12.3. The van der Waals surface area contributed by atoms with Crippen molar-refractivity contribution in [2.45, 2.75) is 56.6 Å². The Labute approximate surface area is 241 Å². The van der Waals surface area contributed by atoms with E-state index in [1.165, 1.54) is 4.31 Å². The van der Waals surface area contributed by atoms with Gasteiger partial charge in [-0.15, -0.1) is 0 Å². The van der Waals surface area contributed by atoms with E-state index < -0.39 is 16.1 Å². The van der Waals surface area contributed by atoms with Crippen LogP contribution in [0.4, 0.5) is 0 Å². The third-order valence-electron chi connectivity index (χ3n) is 7.52. The molecule has 2 aliphatic heterocycles. The van der Waals surface area contributed by atoms with E-state index in [0.29, 0.717) is 44.1 Å². The van der Waals surface area contributed by atoms with Crippen molar-refractivity contribution in [2.75, 3.05) is 19.9 Å². The van der Waals surface area contributed by atoms with Crippen LogP contribution in [0.25, 0.3) is 0 Å². The minimum atomic E-state index is -3.48. The Balaban J connectivity index is 1.22. The summed E-state index contributed by atoms with van der Waals surface area (Å²) in [5, 5.41) is 2.94. The van der Waals surface area contributed by atoms with Crippen LogP contribution in [-0.2, 0) is 39.1 Å². The fourth-order valence-corrected chi connectivity index (χ4v) is 6.57. The summed E-state index contributed by atoms with van der Waals surface area (Å²) in [6.45, 7) is 3.61. The SMILES string of the molecule is C[C@@H](C(=O)NCc1ccc2c(c1)OCO2)N(Cc1ccccc1)C(=O)CCc1ccc(S(=O)(=O)N2CCCC2)cc1. The van der Waals surface area contributed by atoms with Gasteiger partial charge >= 0.3 is 0 Å². The highest BCUT2D eigenvalue weighted by molar-refractivity contribution is 7.89. The first-order chi connectivity index (χ1) is 19.8. The molecule has 0 aliphatic carbocycles. The van der Waals surface area contributed by atoms with E-state index in [-0.39, 0.29) is 29.9 Å². The van der Waals surface area contributed by atoms with Crippen LogP contribution in [0, 0.1) is 0 Å². The van der Waals surface area contributed by atoms with Gasteiger partial charge in [-0.05, 0) is 67.1 Å². The number of hydrogen-bond acceptors (Lipinski definition) is 6. The maximum atomic E-state index is 13.5. The van der Waals surface area contributed by atoms with Crippen molar-refractivity contribution in [1.82, 2.24) is 14.5 Å². The average Bonchev–Trinajstić information content (AvgIpc) is 3.71. The predicted molar refractivity (Wildman–Crippen MR) is 154 cm³/mol. The van der Waals surface area contributed by atoms with Crippen LogP contribution in [-0.4, -0.2) is 55.4 Å². The van der Waals surface area contributed by atoms with E-state index in [0.717, 1.165) is 29.5 Å². The number of amides is 2. The molecule has 0 saturated carbocycles. The third-order valence-corrected chi connectivity index (χ3v) is 9.43. The standard InChI is InChI=1S/C31H35N3O6S/c1-23(31(36)32-20-26-11-15-28-29(19-26)40-22-39-28)34(21-25-7-3-2-4-8-25)30(35)16-12-24-9-13-27(14-10-24)41(37,38)33-17-5-6-18-33/h2-4,7-11,13-15,19,23H,5-6,12,16-18,20-22H2,1H3,(H,32,36)/t23-/m0/s1. The van der Waals surface area contributed by atoms with Gasteiger partial charge in [0.15, 0.2) is 11.5 Å². The number of rotatable bonds is 11. The summed E-state index contributed by atoms with van der Waals surface area (Å²) in [7, 11) is -3.48. The Hall–Kier alpha value is -3.89. The van der Waals surface area contributed by atoms with Gasteiger partial charge in [0.2, 0.25) is 28.6 Å². The van der Waals surface area contributed by atoms with Gasteiger partial charge in [0.25, 0.3) is 0 Å². The molecule has 2 amide bonds. The van der Waals surface area contributed by atoms with Crippen LogP contribution in [0.1, 0.15) is 42.9 Å². The molecule has 1 N–H and O–H groups in total. The number of ether oxygens (including phenoxy) is 2. The van der Waals surface area contributed by atoms with Gasteiger partial charge in [0.1, 0.15) is 6.04 Å². The zero-order valence-electron chi connectivity index (χ0n) is 23.1. The van der Waals surface area contributed by atoms with Gasteiger partial charge in [-0.1, -0.05) is 48.5 Å². The summed E-state index contributed by atoms with van der Waals surface area (Å²) >= 11 is 0. The number of hydrogen-bond donors (Lipinski definition) is 1. The van der Waals surface area contributed by atoms with Crippen LogP contribution in [0.2, 0.25) is 0 Å². The molecule has 1 saturated heterocycles. The molecule has 2 heterocycles. The van der Waals surface area contributed by atoms with Crippen molar-refractivity contribution >= 4 is 21.8 Å². The minimum absolute atomic E-state index is 0.159. The van der Waals surface area contributed by atoms with Gasteiger partial charge in [-0.25, -0.2) is 8.42 Å². The molecule has 5 rings (SSSR count). The summed E-state index contributed by atoms with van der Waals surface area (Å²) in [4.78, 5) is 28.5. The van der Waals surface area contributed by atoms with Crippen LogP contribution >= 0.6 is 0 Å². The van der Waals surface area contributed by atoms with E-state index >= 15 is 0 Å². The summed E-state index contributed by atoms with van der Waals surface area (Å²) in [5.74, 6) is 0.903. The minimum Gasteiger partial charge on any atom is -0.454 e. The summed E-state index contributed by atoms with van der Waals surface area (Å²) in [6.07, 6.45) is 2.38. The molecular formula is C31H35N3O6S. The number of benzene rings is 3. The number of carbonyl (C=O) groups is 2. The lowest BCUT2D eigenvalue weighted by Crippen LogP contribution is -2.47. The first kappa shape index (κ1) is 28.6. The number of carbonyl (C=O) groups excluding carboxylic acids is 2. The molecule has 0 radical (unpaired) electrons. The molecule has 1 fully saturated rings. The van der Waals surface area contributed by atoms with Crippen molar-refractivity contribution in [3.05, 3.63) is 89.5 Å². The molecule has 0 unspecified atom stereocenters. The number of aryl methyl sites for hydroxylation is 1. The van der Waals surface area contributed by atoms with E-state index in [1.54, 1.807) is 36.1 Å². The third kappa shape index (κ3) is 6.89. The maximum absolute atomic E-state index is 13.5. The lowest BCUT2D eigenvalue weighted by atomic mass is 10.1. The highest BCUT2D eigenvalue weighted by Crippen LogP contribution is 2.32. The fraction of sp³-hybridized carbons (Fsp3) is 0.355. The predicted octanol–water partition coefficient (Wildman–Crippen LogP) is 3.87. The van der Waals surface area contributed by atoms with Gasteiger partial charge < -0.3 is 19.7 Å². The molecule has 10 heteroatoms. The van der Waals surface area contributed by atoms with E-state index in [4.69, 9.17) is 9.47 Å². The van der Waals surface area contributed by atoms with Crippen LogP contribution < -0.4 is 14.8 Å². The second-order valence-electron chi connectivity index (χ2n) is 10.3. The van der Waals surface area contributed by atoms with Gasteiger partial charge in [0, 0.05) is 32.6 Å². The molecule has 0 aromatic heterocycles. The number of nitrogens with one attached hydrogen (secondary N) is 1. The second kappa shape index (κ2) is 12.7. The van der Waals surface area contributed by atoms with Crippen molar-refractivity contribution in [1.29, 1.82) is 0 Å². The quantitative estimate of drug-likeness (QED) is 0.371. The normalized spacial score (nSPS) is 15.4. The topological polar surface area (TPSA) is 105 Å². The van der Waals surface area contributed by atoms with Crippen molar-refractivity contribution in [2.24, 2.45) is 0 Å². The highest BCUT2D eigenvalue weighted by atomic mass is 32.2. The highest BCUT2D eigenvalue weighted by Gasteiger charge is 2.28. The molecule has 0 spiro atoms. The number of sulfonamides is 1. The van der Waals surface area contributed by atoms with Gasteiger partial charge in [-0.3, -0.25) is 9.59 Å². The Morgan fingerprint density at radius 1 is 0.902 bits per heavy atom. The Morgan fingerprint density at radius 3 is 2.32 bits per heavy atom. The van der Waals surface area contributed by atoms with E-state index in [9.17, 15) is 18.0 Å². The van der Waals surface area contributed by atoms with Gasteiger partial charge in [-0.2, -0.15) is 4.31 Å². The average molecular weight is 578 g/mol. The van der Waals surface area contributed by atoms with E-state index in [2.05, 4.69) is 5.32 Å². The fourth-order valence-electron chi connectivity index (χ4n) is 5.05. The Kier molecular flexibility index (Phi) is 8.90. The number of fused-ring (bicyclic) bond motifs is 1. The summed E-state index contributed by atoms with van der Waals surface area (Å²) < 4.78 is 37.9. The largest absolute Gasteiger partial charge is 0.454 e. The zero-order chi connectivity index (χ0) is 28.8. The molecule has 41 heavy (non-hydrogen) atoms. The van der Waals surface area contributed by atoms with Crippen LogP contribution in [0.5, 0.6) is 11.5 Å². The molecule has 1 atom stereocenters. The van der Waals surface area contributed by atoms with Crippen LogP contribution in [0.15, 0.2) is 77.7 Å². The summed E-state index contributed by atoms with van der Waals surface area (Å²) in [5.41, 5.74) is 2.65. The molecule has 3 aromatic carbocycles. The lowest BCUT2D eigenvalue weighted by Gasteiger charge is -2.29. The zero-order valence-corrected chi connectivity index (χ0v) is 23.9. The van der Waals surface area contributed by atoms with Crippen molar-refractivity contribution in [3.63, 3.8) is 0 Å².